The van der Waals surface area contributed by atoms with Gasteiger partial charge in [-0.1, -0.05) is 46.3 Å². The van der Waals surface area contributed by atoms with Crippen molar-refractivity contribution >= 4 is 21.6 Å². The van der Waals surface area contributed by atoms with E-state index in [4.69, 9.17) is 4.74 Å². The summed E-state index contributed by atoms with van der Waals surface area (Å²) in [6, 6.07) is 15.3. The van der Waals surface area contributed by atoms with Crippen LogP contribution in [-0.4, -0.2) is 6.61 Å². The normalized spacial score (nSPS) is 16.8. The highest BCUT2D eigenvalue weighted by molar-refractivity contribution is 9.10. The molecule has 21 heavy (non-hydrogen) atoms. The number of halogens is 1. The Morgan fingerprint density at radius 1 is 1.19 bits per heavy atom. The summed E-state index contributed by atoms with van der Waals surface area (Å²) in [5.41, 5.74) is 5.26. The fraction of sp³-hybridized carbons (Fsp3) is 0.333. The molecule has 0 aliphatic heterocycles. The van der Waals surface area contributed by atoms with Crippen LogP contribution >= 0.6 is 15.9 Å². The van der Waals surface area contributed by atoms with E-state index in [1.807, 2.05) is 6.92 Å². The molecule has 0 fully saturated rings. The SMILES string of the molecule is CCOCc1ccccc1NC1CCc2c(Br)cccc21. The van der Waals surface area contributed by atoms with Crippen molar-refractivity contribution in [2.24, 2.45) is 0 Å². The van der Waals surface area contributed by atoms with Gasteiger partial charge in [0.15, 0.2) is 0 Å². The quantitative estimate of drug-likeness (QED) is 0.815. The van der Waals surface area contributed by atoms with E-state index in [0.29, 0.717) is 12.6 Å². The van der Waals surface area contributed by atoms with Crippen LogP contribution in [0.2, 0.25) is 0 Å². The molecule has 0 saturated heterocycles. The molecule has 2 nitrogen and oxygen atoms in total. The largest absolute Gasteiger partial charge is 0.378 e. The molecule has 0 amide bonds. The molecule has 110 valence electrons. The van der Waals surface area contributed by atoms with E-state index in [1.54, 1.807) is 0 Å². The first-order chi connectivity index (χ1) is 10.3. The lowest BCUT2D eigenvalue weighted by molar-refractivity contribution is 0.134. The number of nitrogens with one attached hydrogen (secondary N) is 1. The second kappa shape index (κ2) is 6.63. The van der Waals surface area contributed by atoms with Crippen LogP contribution < -0.4 is 5.32 Å². The van der Waals surface area contributed by atoms with Gasteiger partial charge < -0.3 is 10.1 Å². The number of ether oxygens (including phenoxy) is 1. The number of benzene rings is 2. The van der Waals surface area contributed by atoms with E-state index in [9.17, 15) is 0 Å². The van der Waals surface area contributed by atoms with Crippen LogP contribution in [0.15, 0.2) is 46.9 Å². The molecule has 1 atom stereocenters. The number of hydrogen-bond donors (Lipinski definition) is 1. The van der Waals surface area contributed by atoms with Gasteiger partial charge in [-0.15, -0.1) is 0 Å². The first-order valence-corrected chi connectivity index (χ1v) is 8.28. The standard InChI is InChI=1S/C18H20BrNO/c1-2-21-12-13-6-3-4-9-17(13)20-18-11-10-14-15(18)7-5-8-16(14)19/h3-9,18,20H,2,10-12H2,1H3. The molecule has 2 aromatic carbocycles. The molecule has 1 aliphatic carbocycles. The third-order valence-corrected chi connectivity index (χ3v) is 4.77. The maximum absolute atomic E-state index is 5.57. The summed E-state index contributed by atoms with van der Waals surface area (Å²) in [7, 11) is 0. The van der Waals surface area contributed by atoms with Crippen LogP contribution in [0, 0.1) is 0 Å². The Labute approximate surface area is 134 Å². The number of rotatable bonds is 5. The topological polar surface area (TPSA) is 21.3 Å². The number of para-hydroxylation sites is 1. The molecule has 0 heterocycles. The predicted molar refractivity (Wildman–Crippen MR) is 90.6 cm³/mol. The lowest BCUT2D eigenvalue weighted by Gasteiger charge is -2.18. The summed E-state index contributed by atoms with van der Waals surface area (Å²) >= 11 is 3.66. The van der Waals surface area contributed by atoms with Gasteiger partial charge in [-0.05, 0) is 43.0 Å². The molecule has 1 aliphatic rings. The molecule has 3 heteroatoms. The third-order valence-electron chi connectivity index (χ3n) is 4.02. The van der Waals surface area contributed by atoms with Crippen molar-refractivity contribution < 1.29 is 4.74 Å². The second-order valence-electron chi connectivity index (χ2n) is 5.34. The first kappa shape index (κ1) is 14.6. The maximum atomic E-state index is 5.57. The molecular weight excluding hydrogens is 326 g/mol. The van der Waals surface area contributed by atoms with Gasteiger partial charge in [0.25, 0.3) is 0 Å². The highest BCUT2D eigenvalue weighted by atomic mass is 79.9. The zero-order chi connectivity index (χ0) is 14.7. The highest BCUT2D eigenvalue weighted by Gasteiger charge is 2.24. The van der Waals surface area contributed by atoms with E-state index in [0.717, 1.165) is 19.4 Å². The van der Waals surface area contributed by atoms with Gasteiger partial charge in [0.1, 0.15) is 0 Å². The smallest absolute Gasteiger partial charge is 0.0736 e. The monoisotopic (exact) mass is 345 g/mol. The summed E-state index contributed by atoms with van der Waals surface area (Å²) in [5, 5.41) is 3.70. The van der Waals surface area contributed by atoms with Crippen molar-refractivity contribution in [3.63, 3.8) is 0 Å². The van der Waals surface area contributed by atoms with Crippen molar-refractivity contribution in [2.75, 3.05) is 11.9 Å². The molecule has 0 radical (unpaired) electrons. The molecule has 0 bridgehead atoms. The fourth-order valence-electron chi connectivity index (χ4n) is 2.95. The van der Waals surface area contributed by atoms with E-state index >= 15 is 0 Å². The summed E-state index contributed by atoms with van der Waals surface area (Å²) in [6.45, 7) is 3.44. The van der Waals surface area contributed by atoms with Crippen LogP contribution in [0.1, 0.15) is 36.1 Å². The van der Waals surface area contributed by atoms with Gasteiger partial charge in [-0.3, -0.25) is 0 Å². The summed E-state index contributed by atoms with van der Waals surface area (Å²) in [6.07, 6.45) is 2.27. The van der Waals surface area contributed by atoms with E-state index < -0.39 is 0 Å². The molecule has 0 aromatic heterocycles. The molecule has 2 aromatic rings. The molecule has 1 N–H and O–H groups in total. The summed E-state index contributed by atoms with van der Waals surface area (Å²) in [5.74, 6) is 0. The van der Waals surface area contributed by atoms with Gasteiger partial charge >= 0.3 is 0 Å². The Morgan fingerprint density at radius 2 is 2.05 bits per heavy atom. The van der Waals surface area contributed by atoms with Gasteiger partial charge in [0.05, 0.1) is 12.6 Å². The van der Waals surface area contributed by atoms with Crippen molar-refractivity contribution in [3.8, 4) is 0 Å². The molecular formula is C18H20BrNO. The number of hydrogen-bond acceptors (Lipinski definition) is 2. The Hall–Kier alpha value is -1.32. The van der Waals surface area contributed by atoms with Crippen molar-refractivity contribution in [3.05, 3.63) is 63.6 Å². The number of fused-ring (bicyclic) bond motifs is 1. The van der Waals surface area contributed by atoms with Crippen molar-refractivity contribution in [1.29, 1.82) is 0 Å². The Balaban J connectivity index is 1.82. The average Bonchev–Trinajstić information content (AvgIpc) is 2.91. The first-order valence-electron chi connectivity index (χ1n) is 7.49. The van der Waals surface area contributed by atoms with Gasteiger partial charge in [-0.2, -0.15) is 0 Å². The fourth-order valence-corrected chi connectivity index (χ4v) is 3.53. The third kappa shape index (κ3) is 3.14. The Kier molecular flexibility index (Phi) is 4.61. The molecule has 0 spiro atoms. The minimum atomic E-state index is 0.389. The lowest BCUT2D eigenvalue weighted by atomic mass is 10.1. The minimum Gasteiger partial charge on any atom is -0.378 e. The van der Waals surface area contributed by atoms with E-state index in [-0.39, 0.29) is 0 Å². The zero-order valence-corrected chi connectivity index (χ0v) is 13.8. The maximum Gasteiger partial charge on any atom is 0.0736 e. The summed E-state index contributed by atoms with van der Waals surface area (Å²) < 4.78 is 6.79. The minimum absolute atomic E-state index is 0.389. The van der Waals surface area contributed by atoms with Crippen LogP contribution in [0.3, 0.4) is 0 Å². The van der Waals surface area contributed by atoms with Gasteiger partial charge in [-0.25, -0.2) is 0 Å². The predicted octanol–water partition coefficient (Wildman–Crippen LogP) is 5.09. The Bertz CT molecular complexity index is 626. The van der Waals surface area contributed by atoms with Crippen molar-refractivity contribution in [2.45, 2.75) is 32.4 Å². The van der Waals surface area contributed by atoms with Crippen LogP contribution in [0.25, 0.3) is 0 Å². The summed E-state index contributed by atoms with van der Waals surface area (Å²) in [4.78, 5) is 0. The van der Waals surface area contributed by atoms with Gasteiger partial charge in [0.2, 0.25) is 0 Å². The van der Waals surface area contributed by atoms with Crippen LogP contribution in [-0.2, 0) is 17.8 Å². The van der Waals surface area contributed by atoms with Crippen LogP contribution in [0.5, 0.6) is 0 Å². The average molecular weight is 346 g/mol. The van der Waals surface area contributed by atoms with Gasteiger partial charge in [0, 0.05) is 22.3 Å². The molecule has 1 unspecified atom stereocenters. The molecule has 3 rings (SSSR count). The lowest BCUT2D eigenvalue weighted by Crippen LogP contribution is -2.09. The zero-order valence-electron chi connectivity index (χ0n) is 12.2. The second-order valence-corrected chi connectivity index (χ2v) is 6.19. The van der Waals surface area contributed by atoms with Crippen molar-refractivity contribution in [1.82, 2.24) is 0 Å². The van der Waals surface area contributed by atoms with E-state index in [2.05, 4.69) is 63.7 Å². The van der Waals surface area contributed by atoms with E-state index in [1.165, 1.54) is 26.9 Å². The van der Waals surface area contributed by atoms with Crippen LogP contribution in [0.4, 0.5) is 5.69 Å². The highest BCUT2D eigenvalue weighted by Crippen LogP contribution is 2.38. The number of anilines is 1. The Morgan fingerprint density at radius 3 is 2.90 bits per heavy atom. The molecule has 0 saturated carbocycles.